The number of carbonyl (C=O) groups is 1. The van der Waals surface area contributed by atoms with Gasteiger partial charge in [-0.3, -0.25) is 4.79 Å². The van der Waals surface area contributed by atoms with E-state index >= 15 is 0 Å². The minimum atomic E-state index is -0.353. The third-order valence-corrected chi connectivity index (χ3v) is 2.78. The van der Waals surface area contributed by atoms with Crippen molar-refractivity contribution >= 4 is 29.1 Å². The van der Waals surface area contributed by atoms with Crippen molar-refractivity contribution in [3.05, 3.63) is 52.2 Å². The lowest BCUT2D eigenvalue weighted by Crippen LogP contribution is -2.26. The lowest BCUT2D eigenvalue weighted by atomic mass is 10.3. The van der Waals surface area contributed by atoms with Gasteiger partial charge in [-0.05, 0) is 24.3 Å². The Labute approximate surface area is 114 Å². The summed E-state index contributed by atoms with van der Waals surface area (Å²) in [5.41, 5.74) is 0.128. The van der Waals surface area contributed by atoms with Crippen molar-refractivity contribution in [3.8, 4) is 0 Å². The molecule has 0 saturated carbocycles. The summed E-state index contributed by atoms with van der Waals surface area (Å²) >= 11 is 11.6. The van der Waals surface area contributed by atoms with Crippen LogP contribution in [0, 0.1) is 0 Å². The molecular weight excluding hydrogens is 275 g/mol. The van der Waals surface area contributed by atoms with Gasteiger partial charge in [-0.25, -0.2) is 4.98 Å². The maximum atomic E-state index is 11.8. The van der Waals surface area contributed by atoms with E-state index in [1.165, 1.54) is 6.07 Å². The van der Waals surface area contributed by atoms with Crippen LogP contribution >= 0.6 is 23.2 Å². The molecule has 18 heavy (non-hydrogen) atoms. The number of amides is 1. The SMILES string of the molecule is O=C(NCCc1ccco1)c1nc(Cl)ccc1Cl. The quantitative estimate of drug-likeness (QED) is 0.879. The zero-order chi connectivity index (χ0) is 13.0. The maximum absolute atomic E-state index is 11.8. The molecule has 2 aromatic heterocycles. The van der Waals surface area contributed by atoms with Gasteiger partial charge in [0.2, 0.25) is 0 Å². The van der Waals surface area contributed by atoms with Crippen molar-refractivity contribution in [2.24, 2.45) is 0 Å². The molecule has 0 aromatic carbocycles. The average molecular weight is 285 g/mol. The summed E-state index contributed by atoms with van der Waals surface area (Å²) in [5.74, 6) is 0.453. The monoisotopic (exact) mass is 284 g/mol. The Balaban J connectivity index is 1.93. The summed E-state index contributed by atoms with van der Waals surface area (Å²) in [6, 6.07) is 6.71. The first-order valence-electron chi connectivity index (χ1n) is 5.29. The van der Waals surface area contributed by atoms with Crippen molar-refractivity contribution in [2.45, 2.75) is 6.42 Å². The van der Waals surface area contributed by atoms with E-state index in [9.17, 15) is 4.79 Å². The van der Waals surface area contributed by atoms with Crippen molar-refractivity contribution in [3.63, 3.8) is 0 Å². The van der Waals surface area contributed by atoms with Crippen molar-refractivity contribution in [1.29, 1.82) is 0 Å². The summed E-state index contributed by atoms with van der Waals surface area (Å²) in [5, 5.41) is 3.21. The smallest absolute Gasteiger partial charge is 0.271 e. The lowest BCUT2D eigenvalue weighted by molar-refractivity contribution is 0.0949. The van der Waals surface area contributed by atoms with Gasteiger partial charge < -0.3 is 9.73 Å². The van der Waals surface area contributed by atoms with Crippen molar-refractivity contribution in [2.75, 3.05) is 6.54 Å². The molecule has 0 bridgehead atoms. The van der Waals surface area contributed by atoms with Gasteiger partial charge in [0.25, 0.3) is 5.91 Å². The number of hydrogen-bond donors (Lipinski definition) is 1. The van der Waals surface area contributed by atoms with Crippen molar-refractivity contribution < 1.29 is 9.21 Å². The first-order valence-corrected chi connectivity index (χ1v) is 6.05. The normalized spacial score (nSPS) is 10.3. The molecule has 0 aliphatic carbocycles. The highest BCUT2D eigenvalue weighted by molar-refractivity contribution is 6.34. The van der Waals surface area contributed by atoms with Gasteiger partial charge in [0.05, 0.1) is 11.3 Å². The van der Waals surface area contributed by atoms with E-state index in [1.807, 2.05) is 6.07 Å². The molecule has 0 atom stereocenters. The van der Waals surface area contributed by atoms with E-state index in [0.717, 1.165) is 5.76 Å². The molecule has 1 amide bonds. The Bertz CT molecular complexity index is 541. The van der Waals surface area contributed by atoms with Crippen LogP contribution in [0.3, 0.4) is 0 Å². The molecule has 0 aliphatic rings. The third kappa shape index (κ3) is 3.24. The van der Waals surface area contributed by atoms with Crippen LogP contribution in [-0.2, 0) is 6.42 Å². The molecule has 0 unspecified atom stereocenters. The summed E-state index contributed by atoms with van der Waals surface area (Å²) in [6.45, 7) is 0.441. The highest BCUT2D eigenvalue weighted by atomic mass is 35.5. The van der Waals surface area contributed by atoms with E-state index < -0.39 is 0 Å². The number of nitrogens with one attached hydrogen (secondary N) is 1. The van der Waals surface area contributed by atoms with Crippen LogP contribution in [0.2, 0.25) is 10.2 Å². The molecule has 1 N–H and O–H groups in total. The van der Waals surface area contributed by atoms with E-state index in [1.54, 1.807) is 18.4 Å². The molecule has 2 aromatic rings. The third-order valence-electron chi connectivity index (χ3n) is 2.26. The zero-order valence-corrected chi connectivity index (χ0v) is 10.8. The van der Waals surface area contributed by atoms with Crippen LogP contribution in [0.15, 0.2) is 34.9 Å². The zero-order valence-electron chi connectivity index (χ0n) is 9.32. The van der Waals surface area contributed by atoms with Crippen LogP contribution < -0.4 is 5.32 Å². The fourth-order valence-corrected chi connectivity index (χ4v) is 1.75. The average Bonchev–Trinajstić information content (AvgIpc) is 2.85. The molecule has 6 heteroatoms. The minimum Gasteiger partial charge on any atom is -0.469 e. The number of pyridine rings is 1. The summed E-state index contributed by atoms with van der Waals surface area (Å²) in [6.07, 6.45) is 2.20. The van der Waals surface area contributed by atoms with E-state index in [0.29, 0.717) is 13.0 Å². The minimum absolute atomic E-state index is 0.128. The standard InChI is InChI=1S/C12H10Cl2N2O2/c13-9-3-4-10(14)16-11(9)12(17)15-6-5-8-2-1-7-18-8/h1-4,7H,5-6H2,(H,15,17). The topological polar surface area (TPSA) is 55.1 Å². The molecule has 2 heterocycles. The molecule has 2 rings (SSSR count). The van der Waals surface area contributed by atoms with E-state index in [-0.39, 0.29) is 21.8 Å². The Morgan fingerprint density at radius 1 is 1.33 bits per heavy atom. The molecule has 0 spiro atoms. The van der Waals surface area contributed by atoms with Gasteiger partial charge >= 0.3 is 0 Å². The van der Waals surface area contributed by atoms with Crippen molar-refractivity contribution in [1.82, 2.24) is 10.3 Å². The highest BCUT2D eigenvalue weighted by Crippen LogP contribution is 2.16. The van der Waals surface area contributed by atoms with E-state index in [4.69, 9.17) is 27.6 Å². The molecule has 0 radical (unpaired) electrons. The first kappa shape index (κ1) is 12.9. The van der Waals surface area contributed by atoms with Gasteiger partial charge in [-0.2, -0.15) is 0 Å². The molecule has 4 nitrogen and oxygen atoms in total. The summed E-state index contributed by atoms with van der Waals surface area (Å²) in [7, 11) is 0. The first-order chi connectivity index (χ1) is 8.66. The lowest BCUT2D eigenvalue weighted by Gasteiger charge is -2.05. The second-order valence-corrected chi connectivity index (χ2v) is 4.34. The fourth-order valence-electron chi connectivity index (χ4n) is 1.42. The molecule has 0 aliphatic heterocycles. The number of hydrogen-bond acceptors (Lipinski definition) is 3. The van der Waals surface area contributed by atoms with Gasteiger partial charge in [-0.15, -0.1) is 0 Å². The van der Waals surface area contributed by atoms with Crippen LogP contribution in [-0.4, -0.2) is 17.4 Å². The number of nitrogens with zero attached hydrogens (tertiary/aromatic N) is 1. The molecule has 0 saturated heterocycles. The Hall–Kier alpha value is -1.52. The second-order valence-electron chi connectivity index (χ2n) is 3.55. The Morgan fingerprint density at radius 2 is 2.17 bits per heavy atom. The summed E-state index contributed by atoms with van der Waals surface area (Å²) in [4.78, 5) is 15.7. The molecule has 94 valence electrons. The van der Waals surface area contributed by atoms with Crippen LogP contribution in [0.4, 0.5) is 0 Å². The molecule has 0 fully saturated rings. The fraction of sp³-hybridized carbons (Fsp3) is 0.167. The van der Waals surface area contributed by atoms with Crippen LogP contribution in [0.5, 0.6) is 0 Å². The number of furan rings is 1. The number of rotatable bonds is 4. The predicted molar refractivity (Wildman–Crippen MR) is 69.0 cm³/mol. The molecular formula is C12H10Cl2N2O2. The summed E-state index contributed by atoms with van der Waals surface area (Å²) < 4.78 is 5.15. The van der Waals surface area contributed by atoms with Gasteiger partial charge in [-0.1, -0.05) is 23.2 Å². The van der Waals surface area contributed by atoms with Gasteiger partial charge in [0, 0.05) is 13.0 Å². The highest BCUT2D eigenvalue weighted by Gasteiger charge is 2.12. The van der Waals surface area contributed by atoms with Gasteiger partial charge in [0.15, 0.2) is 0 Å². The van der Waals surface area contributed by atoms with Crippen LogP contribution in [0.1, 0.15) is 16.2 Å². The second kappa shape index (κ2) is 5.89. The number of carbonyl (C=O) groups excluding carboxylic acids is 1. The predicted octanol–water partition coefficient (Wildman–Crippen LogP) is 2.95. The number of halogens is 2. The Morgan fingerprint density at radius 3 is 2.89 bits per heavy atom. The number of aromatic nitrogens is 1. The van der Waals surface area contributed by atoms with E-state index in [2.05, 4.69) is 10.3 Å². The largest absolute Gasteiger partial charge is 0.469 e. The maximum Gasteiger partial charge on any atom is 0.271 e. The van der Waals surface area contributed by atoms with Crippen LogP contribution in [0.25, 0.3) is 0 Å². The Kier molecular flexibility index (Phi) is 4.23. The van der Waals surface area contributed by atoms with Gasteiger partial charge in [0.1, 0.15) is 16.6 Å².